The van der Waals surface area contributed by atoms with Crippen molar-refractivity contribution in [2.75, 3.05) is 32.0 Å². The minimum Gasteiger partial charge on any atom is -0.379 e. The molecule has 21 heavy (non-hydrogen) atoms. The number of hydrogen-bond donors (Lipinski definition) is 1. The quantitative estimate of drug-likeness (QED) is 0.690. The van der Waals surface area contributed by atoms with Crippen LogP contribution in [0.3, 0.4) is 0 Å². The summed E-state index contributed by atoms with van der Waals surface area (Å²) in [5.74, 6) is 0.529. The largest absolute Gasteiger partial charge is 0.379 e. The zero-order chi connectivity index (χ0) is 14.8. The predicted octanol–water partition coefficient (Wildman–Crippen LogP) is 2.51. The molecule has 1 unspecified atom stereocenters. The van der Waals surface area contributed by atoms with Crippen molar-refractivity contribution in [2.45, 2.75) is 6.42 Å². The van der Waals surface area contributed by atoms with Crippen LogP contribution in [0.25, 0.3) is 10.9 Å². The van der Waals surface area contributed by atoms with Gasteiger partial charge in [0.2, 0.25) is 0 Å². The van der Waals surface area contributed by atoms with E-state index in [-0.39, 0.29) is 10.6 Å². The van der Waals surface area contributed by atoms with Crippen molar-refractivity contribution in [3.05, 3.63) is 40.6 Å². The SMILES string of the molecule is CN1CCC(CNc2c([N+](=O)[O-])cnc3ccccc23)C1. The van der Waals surface area contributed by atoms with Crippen molar-refractivity contribution in [1.82, 2.24) is 9.88 Å². The van der Waals surface area contributed by atoms with Crippen LogP contribution in [0.2, 0.25) is 0 Å². The zero-order valence-corrected chi connectivity index (χ0v) is 12.0. The van der Waals surface area contributed by atoms with Gasteiger partial charge in [0.1, 0.15) is 11.9 Å². The zero-order valence-electron chi connectivity index (χ0n) is 12.0. The van der Waals surface area contributed by atoms with E-state index in [2.05, 4.69) is 22.2 Å². The van der Waals surface area contributed by atoms with Gasteiger partial charge in [-0.15, -0.1) is 0 Å². The lowest BCUT2D eigenvalue weighted by atomic mass is 10.1. The van der Waals surface area contributed by atoms with Crippen LogP contribution in [0.1, 0.15) is 6.42 Å². The number of aromatic nitrogens is 1. The maximum absolute atomic E-state index is 11.2. The van der Waals surface area contributed by atoms with Gasteiger partial charge < -0.3 is 10.2 Å². The minimum absolute atomic E-state index is 0.0417. The second-order valence-electron chi connectivity index (χ2n) is 5.59. The molecule has 1 fully saturated rings. The Morgan fingerprint density at radius 2 is 2.29 bits per heavy atom. The van der Waals surface area contributed by atoms with E-state index in [1.165, 1.54) is 6.20 Å². The van der Waals surface area contributed by atoms with Crippen LogP contribution in [0.15, 0.2) is 30.5 Å². The second kappa shape index (κ2) is 5.65. The molecule has 2 heterocycles. The number of para-hydroxylation sites is 1. The van der Waals surface area contributed by atoms with Crippen LogP contribution in [-0.4, -0.2) is 41.5 Å². The number of pyridine rings is 1. The Labute approximate surface area is 122 Å². The number of likely N-dealkylation sites (tertiary alicyclic amines) is 1. The summed E-state index contributed by atoms with van der Waals surface area (Å²) in [7, 11) is 2.10. The first-order chi connectivity index (χ1) is 10.1. The van der Waals surface area contributed by atoms with Gasteiger partial charge in [-0.05, 0) is 32.0 Å². The molecular weight excluding hydrogens is 268 g/mol. The first-order valence-electron chi connectivity index (χ1n) is 7.09. The Bertz CT molecular complexity index is 674. The molecule has 1 aliphatic rings. The number of anilines is 1. The molecule has 6 nitrogen and oxygen atoms in total. The molecule has 1 saturated heterocycles. The lowest BCUT2D eigenvalue weighted by Crippen LogP contribution is -2.19. The molecular formula is C15H18N4O2. The number of benzene rings is 1. The van der Waals surface area contributed by atoms with Crippen LogP contribution in [0.4, 0.5) is 11.4 Å². The Kier molecular flexibility index (Phi) is 3.70. The first-order valence-corrected chi connectivity index (χ1v) is 7.09. The van der Waals surface area contributed by atoms with Crippen LogP contribution in [0, 0.1) is 16.0 Å². The fraction of sp³-hybridized carbons (Fsp3) is 0.400. The topological polar surface area (TPSA) is 71.3 Å². The molecule has 2 aromatic rings. The first kappa shape index (κ1) is 13.8. The van der Waals surface area contributed by atoms with E-state index in [4.69, 9.17) is 0 Å². The summed E-state index contributed by atoms with van der Waals surface area (Å²) in [6, 6.07) is 7.51. The van der Waals surface area contributed by atoms with Crippen LogP contribution in [0.5, 0.6) is 0 Å². The molecule has 0 spiro atoms. The summed E-state index contributed by atoms with van der Waals surface area (Å²) in [5.41, 5.74) is 1.40. The molecule has 0 radical (unpaired) electrons. The smallest absolute Gasteiger partial charge is 0.311 e. The van der Waals surface area contributed by atoms with E-state index in [1.807, 2.05) is 24.3 Å². The Hall–Kier alpha value is -2.21. The highest BCUT2D eigenvalue weighted by Gasteiger charge is 2.22. The van der Waals surface area contributed by atoms with E-state index in [1.54, 1.807) is 0 Å². The molecule has 0 aliphatic carbocycles. The third-order valence-electron chi connectivity index (χ3n) is 4.01. The molecule has 0 amide bonds. The van der Waals surface area contributed by atoms with Gasteiger partial charge in [0.25, 0.3) is 0 Å². The van der Waals surface area contributed by atoms with Gasteiger partial charge >= 0.3 is 5.69 Å². The highest BCUT2D eigenvalue weighted by molar-refractivity contribution is 5.95. The van der Waals surface area contributed by atoms with Crippen LogP contribution in [-0.2, 0) is 0 Å². The molecule has 0 bridgehead atoms. The van der Waals surface area contributed by atoms with E-state index in [0.717, 1.165) is 37.0 Å². The molecule has 1 aromatic heterocycles. The number of hydrogen-bond acceptors (Lipinski definition) is 5. The summed E-state index contributed by atoms with van der Waals surface area (Å²) in [6.07, 6.45) is 2.46. The minimum atomic E-state index is -0.372. The summed E-state index contributed by atoms with van der Waals surface area (Å²) >= 11 is 0. The van der Waals surface area contributed by atoms with Gasteiger partial charge in [-0.3, -0.25) is 10.1 Å². The molecule has 6 heteroatoms. The van der Waals surface area contributed by atoms with E-state index in [0.29, 0.717) is 11.6 Å². The highest BCUT2D eigenvalue weighted by Crippen LogP contribution is 2.31. The van der Waals surface area contributed by atoms with E-state index >= 15 is 0 Å². The number of fused-ring (bicyclic) bond motifs is 1. The molecule has 3 rings (SSSR count). The fourth-order valence-corrected chi connectivity index (χ4v) is 2.89. The van der Waals surface area contributed by atoms with Crippen LogP contribution < -0.4 is 5.32 Å². The predicted molar refractivity (Wildman–Crippen MR) is 82.5 cm³/mol. The molecule has 1 aliphatic heterocycles. The fourth-order valence-electron chi connectivity index (χ4n) is 2.89. The number of nitrogens with zero attached hydrogens (tertiary/aromatic N) is 3. The monoisotopic (exact) mass is 286 g/mol. The van der Waals surface area contributed by atoms with E-state index in [9.17, 15) is 10.1 Å². The van der Waals surface area contributed by atoms with Crippen molar-refractivity contribution >= 4 is 22.3 Å². The van der Waals surface area contributed by atoms with Crippen molar-refractivity contribution in [1.29, 1.82) is 0 Å². The van der Waals surface area contributed by atoms with Gasteiger partial charge in [-0.1, -0.05) is 18.2 Å². The summed E-state index contributed by atoms with van der Waals surface area (Å²) < 4.78 is 0. The van der Waals surface area contributed by atoms with Gasteiger partial charge in [0.15, 0.2) is 0 Å². The third kappa shape index (κ3) is 2.80. The molecule has 1 aromatic carbocycles. The van der Waals surface area contributed by atoms with Crippen molar-refractivity contribution < 1.29 is 4.92 Å². The Morgan fingerprint density at radius 3 is 3.00 bits per heavy atom. The molecule has 110 valence electrons. The molecule has 0 saturated carbocycles. The lowest BCUT2D eigenvalue weighted by molar-refractivity contribution is -0.384. The van der Waals surface area contributed by atoms with Gasteiger partial charge in [0, 0.05) is 18.5 Å². The van der Waals surface area contributed by atoms with Gasteiger partial charge in [-0.2, -0.15) is 0 Å². The standard InChI is InChI=1S/C15H18N4O2/c1-18-7-6-11(10-18)8-17-15-12-4-2-3-5-13(12)16-9-14(15)19(20)21/h2-5,9,11H,6-8,10H2,1H3,(H,16,17). The molecule has 1 N–H and O–H groups in total. The van der Waals surface area contributed by atoms with Crippen molar-refractivity contribution in [2.24, 2.45) is 5.92 Å². The Balaban J connectivity index is 1.91. The Morgan fingerprint density at radius 1 is 1.48 bits per heavy atom. The second-order valence-corrected chi connectivity index (χ2v) is 5.59. The van der Waals surface area contributed by atoms with Gasteiger partial charge in [0.05, 0.1) is 10.4 Å². The highest BCUT2D eigenvalue weighted by atomic mass is 16.6. The van der Waals surface area contributed by atoms with Gasteiger partial charge in [-0.25, -0.2) is 4.98 Å². The van der Waals surface area contributed by atoms with Crippen LogP contribution >= 0.6 is 0 Å². The summed E-state index contributed by atoms with van der Waals surface area (Å²) in [6.45, 7) is 2.87. The van der Waals surface area contributed by atoms with Crippen molar-refractivity contribution in [3.8, 4) is 0 Å². The number of nitrogens with one attached hydrogen (secondary N) is 1. The normalized spacial score (nSPS) is 19.0. The summed E-state index contributed by atoms with van der Waals surface area (Å²) in [4.78, 5) is 17.3. The number of nitro groups is 1. The average molecular weight is 286 g/mol. The third-order valence-corrected chi connectivity index (χ3v) is 4.01. The average Bonchev–Trinajstić information content (AvgIpc) is 2.90. The lowest BCUT2D eigenvalue weighted by Gasteiger charge is -2.14. The van der Waals surface area contributed by atoms with Crippen molar-refractivity contribution in [3.63, 3.8) is 0 Å². The number of rotatable bonds is 4. The maximum atomic E-state index is 11.2. The van der Waals surface area contributed by atoms with E-state index < -0.39 is 0 Å². The maximum Gasteiger partial charge on any atom is 0.311 e. The summed E-state index contributed by atoms with van der Waals surface area (Å²) in [5, 5.41) is 15.3. The molecule has 1 atom stereocenters.